The van der Waals surface area contributed by atoms with Crippen LogP contribution in [-0.4, -0.2) is 21.6 Å². The van der Waals surface area contributed by atoms with Crippen LogP contribution >= 0.6 is 0 Å². The zero-order valence-corrected chi connectivity index (χ0v) is 14.3. The fourth-order valence-electron chi connectivity index (χ4n) is 2.21. The number of hydrogen-bond acceptors (Lipinski definition) is 4. The summed E-state index contributed by atoms with van der Waals surface area (Å²) in [5.74, 6) is 0.827. The van der Waals surface area contributed by atoms with Crippen molar-refractivity contribution in [2.75, 3.05) is 13.2 Å². The summed E-state index contributed by atoms with van der Waals surface area (Å²) in [5, 5.41) is 8.44. The van der Waals surface area contributed by atoms with E-state index in [9.17, 15) is 8.42 Å². The molecule has 2 aromatic rings. The molecule has 0 amide bonds. The molecule has 6 heteroatoms. The molecule has 2 rings (SSSR count). The maximum Gasteiger partial charge on any atom is 0.238 e. The molecule has 24 heavy (non-hydrogen) atoms. The van der Waals surface area contributed by atoms with Crippen LogP contribution in [0.1, 0.15) is 11.1 Å². The van der Waals surface area contributed by atoms with Gasteiger partial charge < -0.3 is 10.1 Å². The largest absolute Gasteiger partial charge is 0.490 e. The van der Waals surface area contributed by atoms with E-state index < -0.39 is 10.0 Å². The number of sulfonamides is 1. The lowest BCUT2D eigenvalue weighted by Gasteiger charge is -2.08. The highest BCUT2D eigenvalue weighted by molar-refractivity contribution is 7.89. The van der Waals surface area contributed by atoms with E-state index in [0.29, 0.717) is 6.61 Å². The maximum absolute atomic E-state index is 11.2. The number of ether oxygens (including phenoxy) is 1. The lowest BCUT2D eigenvalue weighted by molar-refractivity contribution is 0.362. The van der Waals surface area contributed by atoms with E-state index in [4.69, 9.17) is 9.88 Å². The molecule has 0 unspecified atom stereocenters. The predicted octanol–water partition coefficient (Wildman–Crippen LogP) is 2.23. The van der Waals surface area contributed by atoms with Gasteiger partial charge in [-0.2, -0.15) is 0 Å². The van der Waals surface area contributed by atoms with Crippen LogP contribution in [0.4, 0.5) is 0 Å². The minimum Gasteiger partial charge on any atom is -0.490 e. The fourth-order valence-corrected chi connectivity index (χ4v) is 2.73. The van der Waals surface area contributed by atoms with Gasteiger partial charge in [-0.15, -0.1) is 0 Å². The summed E-state index contributed by atoms with van der Waals surface area (Å²) < 4.78 is 27.9. The lowest BCUT2D eigenvalue weighted by atomic mass is 10.1. The number of hydrogen-bond donors (Lipinski definition) is 2. The summed E-state index contributed by atoms with van der Waals surface area (Å²) in [6.07, 6.45) is 2.52. The summed E-state index contributed by atoms with van der Waals surface area (Å²) in [6.45, 7) is 5.64. The van der Waals surface area contributed by atoms with Crippen LogP contribution in [0.15, 0.2) is 66.1 Å². The Bertz CT molecular complexity index is 771. The van der Waals surface area contributed by atoms with E-state index in [0.717, 1.165) is 36.4 Å². The van der Waals surface area contributed by atoms with Gasteiger partial charge >= 0.3 is 0 Å². The molecule has 0 spiro atoms. The molecular weight excluding hydrogens is 324 g/mol. The Morgan fingerprint density at radius 1 is 1.12 bits per heavy atom. The SMILES string of the molecule is C=CCOc1cccc(CNCCc2ccc(S(N)(=O)=O)cc2)c1. The number of rotatable bonds is 9. The highest BCUT2D eigenvalue weighted by Crippen LogP contribution is 2.13. The van der Waals surface area contributed by atoms with Gasteiger partial charge in [0, 0.05) is 6.54 Å². The molecule has 0 atom stereocenters. The van der Waals surface area contributed by atoms with Crippen LogP contribution in [0.3, 0.4) is 0 Å². The first-order valence-electron chi connectivity index (χ1n) is 7.64. The van der Waals surface area contributed by atoms with Crippen molar-refractivity contribution >= 4 is 10.0 Å². The van der Waals surface area contributed by atoms with Gasteiger partial charge in [0.05, 0.1) is 4.90 Å². The van der Waals surface area contributed by atoms with Crippen LogP contribution in [0.25, 0.3) is 0 Å². The van der Waals surface area contributed by atoms with Crippen LogP contribution in [0.2, 0.25) is 0 Å². The Hall–Kier alpha value is -2.15. The average Bonchev–Trinajstić information content (AvgIpc) is 2.57. The van der Waals surface area contributed by atoms with Crippen LogP contribution in [-0.2, 0) is 23.0 Å². The van der Waals surface area contributed by atoms with Gasteiger partial charge in [-0.05, 0) is 48.4 Å². The zero-order chi connectivity index (χ0) is 17.4. The van der Waals surface area contributed by atoms with Crippen molar-refractivity contribution in [3.8, 4) is 5.75 Å². The Morgan fingerprint density at radius 3 is 2.54 bits per heavy atom. The molecule has 128 valence electrons. The second-order valence-corrected chi connectivity index (χ2v) is 6.92. The molecule has 0 aliphatic carbocycles. The number of benzene rings is 2. The highest BCUT2D eigenvalue weighted by Gasteiger charge is 2.06. The Labute approximate surface area is 143 Å². The molecule has 0 saturated carbocycles. The summed E-state index contributed by atoms with van der Waals surface area (Å²) in [4.78, 5) is 0.135. The Morgan fingerprint density at radius 2 is 1.88 bits per heavy atom. The van der Waals surface area contributed by atoms with Crippen molar-refractivity contribution in [2.24, 2.45) is 5.14 Å². The summed E-state index contributed by atoms with van der Waals surface area (Å²) >= 11 is 0. The number of nitrogens with one attached hydrogen (secondary N) is 1. The molecule has 0 saturated heterocycles. The molecule has 0 bridgehead atoms. The van der Waals surface area contributed by atoms with Crippen molar-refractivity contribution in [1.82, 2.24) is 5.32 Å². The monoisotopic (exact) mass is 346 g/mol. The number of nitrogens with two attached hydrogens (primary N) is 1. The predicted molar refractivity (Wildman–Crippen MR) is 95.4 cm³/mol. The van der Waals surface area contributed by atoms with Gasteiger partial charge in [-0.3, -0.25) is 0 Å². The fraction of sp³-hybridized carbons (Fsp3) is 0.222. The molecule has 5 nitrogen and oxygen atoms in total. The third-order valence-electron chi connectivity index (χ3n) is 3.44. The van der Waals surface area contributed by atoms with Crippen LogP contribution < -0.4 is 15.2 Å². The van der Waals surface area contributed by atoms with Crippen LogP contribution in [0, 0.1) is 0 Å². The van der Waals surface area contributed by atoms with Crippen molar-refractivity contribution in [3.63, 3.8) is 0 Å². The van der Waals surface area contributed by atoms with Gasteiger partial charge in [-0.25, -0.2) is 13.6 Å². The van der Waals surface area contributed by atoms with Gasteiger partial charge in [0.25, 0.3) is 0 Å². The van der Waals surface area contributed by atoms with Crippen molar-refractivity contribution in [3.05, 3.63) is 72.3 Å². The molecule has 0 radical (unpaired) electrons. The van der Waals surface area contributed by atoms with E-state index in [-0.39, 0.29) is 4.90 Å². The second kappa shape index (κ2) is 8.63. The third-order valence-corrected chi connectivity index (χ3v) is 4.37. The molecule has 0 fully saturated rings. The summed E-state index contributed by atoms with van der Waals surface area (Å²) in [7, 11) is -3.63. The molecule has 2 aromatic carbocycles. The maximum atomic E-state index is 11.2. The number of primary sulfonamides is 1. The van der Waals surface area contributed by atoms with Crippen molar-refractivity contribution < 1.29 is 13.2 Å². The van der Waals surface area contributed by atoms with Gasteiger partial charge in [0.2, 0.25) is 10.0 Å². The normalized spacial score (nSPS) is 11.2. The van der Waals surface area contributed by atoms with Crippen molar-refractivity contribution in [2.45, 2.75) is 17.9 Å². The molecular formula is C18H22N2O3S. The minimum atomic E-state index is -3.63. The lowest BCUT2D eigenvalue weighted by Crippen LogP contribution is -2.17. The average molecular weight is 346 g/mol. The molecule has 0 aromatic heterocycles. The van der Waals surface area contributed by atoms with Crippen LogP contribution in [0.5, 0.6) is 5.75 Å². The quantitative estimate of drug-likeness (QED) is 0.539. The minimum absolute atomic E-state index is 0.135. The second-order valence-electron chi connectivity index (χ2n) is 5.36. The first-order chi connectivity index (χ1) is 11.5. The summed E-state index contributed by atoms with van der Waals surface area (Å²) in [5.41, 5.74) is 2.19. The van der Waals surface area contributed by atoms with Gasteiger partial charge in [0.1, 0.15) is 12.4 Å². The van der Waals surface area contributed by atoms with E-state index in [1.165, 1.54) is 12.1 Å². The van der Waals surface area contributed by atoms with Gasteiger partial charge in [0.15, 0.2) is 0 Å². The van der Waals surface area contributed by atoms with E-state index in [2.05, 4.69) is 11.9 Å². The van der Waals surface area contributed by atoms with E-state index in [1.54, 1.807) is 18.2 Å². The Balaban J connectivity index is 1.79. The molecule has 0 aliphatic heterocycles. The third kappa shape index (κ3) is 5.81. The standard InChI is InChI=1S/C18H22N2O3S/c1-2-12-23-17-5-3-4-16(13-17)14-20-11-10-15-6-8-18(9-7-15)24(19,21)22/h2-9,13,20H,1,10-12,14H2,(H2,19,21,22). The zero-order valence-electron chi connectivity index (χ0n) is 13.4. The molecule has 0 heterocycles. The van der Waals surface area contributed by atoms with E-state index in [1.807, 2.05) is 24.3 Å². The van der Waals surface area contributed by atoms with E-state index >= 15 is 0 Å². The summed E-state index contributed by atoms with van der Waals surface area (Å²) in [6, 6.07) is 14.5. The first-order valence-corrected chi connectivity index (χ1v) is 9.19. The van der Waals surface area contributed by atoms with Crippen molar-refractivity contribution in [1.29, 1.82) is 0 Å². The molecule has 0 aliphatic rings. The first kappa shape index (κ1) is 18.2. The smallest absolute Gasteiger partial charge is 0.238 e. The Kier molecular flexibility index (Phi) is 6.54. The van der Waals surface area contributed by atoms with Gasteiger partial charge in [-0.1, -0.05) is 36.9 Å². The highest BCUT2D eigenvalue weighted by atomic mass is 32.2. The molecule has 3 N–H and O–H groups in total. The topological polar surface area (TPSA) is 81.4 Å².